The summed E-state index contributed by atoms with van der Waals surface area (Å²) >= 11 is 1.51. The highest BCUT2D eigenvalue weighted by Gasteiger charge is 2.34. The molecule has 2 aromatic rings. The normalized spacial score (nSPS) is 15.7. The fourth-order valence-corrected chi connectivity index (χ4v) is 5.07. The van der Waals surface area contributed by atoms with E-state index in [2.05, 4.69) is 32.2 Å². The molecule has 1 aromatic heterocycles. The molecular formula is C23H27N3O3S. The Bertz CT molecular complexity index is 986. The Morgan fingerprint density at radius 3 is 2.63 bits per heavy atom. The Morgan fingerprint density at radius 2 is 2.03 bits per heavy atom. The third-order valence-electron chi connectivity index (χ3n) is 6.16. The van der Waals surface area contributed by atoms with Crippen molar-refractivity contribution in [2.24, 2.45) is 17.1 Å². The molecule has 1 heterocycles. The van der Waals surface area contributed by atoms with Crippen LogP contribution in [-0.4, -0.2) is 18.4 Å². The number of carbonyl (C=O) groups excluding carboxylic acids is 2. The molecule has 6 nitrogen and oxygen atoms in total. The van der Waals surface area contributed by atoms with Crippen molar-refractivity contribution in [3.8, 4) is 11.8 Å². The number of amides is 2. The van der Waals surface area contributed by atoms with Gasteiger partial charge in [-0.1, -0.05) is 27.2 Å². The Kier molecular flexibility index (Phi) is 6.47. The Balaban J connectivity index is 1.66. The number of nitrogens with two attached hydrogens (primary N) is 1. The molecule has 1 atom stereocenters. The van der Waals surface area contributed by atoms with Crippen LogP contribution >= 0.6 is 11.3 Å². The third-order valence-corrected chi connectivity index (χ3v) is 7.32. The predicted octanol–water partition coefficient (Wildman–Crippen LogP) is 4.28. The van der Waals surface area contributed by atoms with Crippen molar-refractivity contribution in [3.05, 3.63) is 45.8 Å². The molecule has 0 unspecified atom stereocenters. The van der Waals surface area contributed by atoms with Gasteiger partial charge in [-0.05, 0) is 60.4 Å². The van der Waals surface area contributed by atoms with E-state index >= 15 is 0 Å². The summed E-state index contributed by atoms with van der Waals surface area (Å²) in [5.41, 5.74) is 7.52. The molecule has 7 heteroatoms. The van der Waals surface area contributed by atoms with E-state index in [0.717, 1.165) is 31.2 Å². The second kappa shape index (κ2) is 8.88. The lowest BCUT2D eigenvalue weighted by molar-refractivity contribution is -0.118. The first kappa shape index (κ1) is 21.8. The summed E-state index contributed by atoms with van der Waals surface area (Å²) in [7, 11) is 0. The summed E-state index contributed by atoms with van der Waals surface area (Å²) in [6, 6.07) is 8.55. The first-order valence-electron chi connectivity index (χ1n) is 10.1. The molecule has 1 aliphatic rings. The van der Waals surface area contributed by atoms with E-state index in [1.54, 1.807) is 24.3 Å². The van der Waals surface area contributed by atoms with E-state index in [4.69, 9.17) is 10.5 Å². The van der Waals surface area contributed by atoms with Crippen molar-refractivity contribution in [2.75, 3.05) is 11.9 Å². The summed E-state index contributed by atoms with van der Waals surface area (Å²) in [5, 5.41) is 13.1. The smallest absolute Gasteiger partial charge is 0.262 e. The number of hydrogen-bond acceptors (Lipinski definition) is 5. The number of nitriles is 1. The van der Waals surface area contributed by atoms with Crippen LogP contribution in [0, 0.1) is 22.7 Å². The van der Waals surface area contributed by atoms with Gasteiger partial charge in [0, 0.05) is 10.4 Å². The second-order valence-corrected chi connectivity index (χ2v) is 9.43. The lowest BCUT2D eigenvalue weighted by Gasteiger charge is -2.36. The van der Waals surface area contributed by atoms with Gasteiger partial charge in [0.05, 0.1) is 5.56 Å². The predicted molar refractivity (Wildman–Crippen MR) is 118 cm³/mol. The molecule has 1 aromatic carbocycles. The quantitative estimate of drug-likeness (QED) is 0.691. The van der Waals surface area contributed by atoms with E-state index in [0.29, 0.717) is 27.8 Å². The van der Waals surface area contributed by atoms with Crippen molar-refractivity contribution in [3.63, 3.8) is 0 Å². The minimum Gasteiger partial charge on any atom is -0.484 e. The molecular weight excluding hydrogens is 398 g/mol. The number of ether oxygens (including phenoxy) is 1. The number of hydrogen-bond donors (Lipinski definition) is 2. The van der Waals surface area contributed by atoms with Crippen LogP contribution in [0.3, 0.4) is 0 Å². The van der Waals surface area contributed by atoms with Gasteiger partial charge in [-0.25, -0.2) is 0 Å². The molecule has 1 aliphatic carbocycles. The number of primary amides is 1. The van der Waals surface area contributed by atoms with Gasteiger partial charge >= 0.3 is 0 Å². The van der Waals surface area contributed by atoms with Gasteiger partial charge in [-0.2, -0.15) is 5.26 Å². The summed E-state index contributed by atoms with van der Waals surface area (Å²) in [4.78, 5) is 24.7. The topological polar surface area (TPSA) is 105 Å². The molecule has 0 bridgehead atoms. The van der Waals surface area contributed by atoms with Crippen LogP contribution in [-0.2, 0) is 17.6 Å². The van der Waals surface area contributed by atoms with Gasteiger partial charge in [0.15, 0.2) is 6.61 Å². The molecule has 0 radical (unpaired) electrons. The fourth-order valence-electron chi connectivity index (χ4n) is 3.77. The van der Waals surface area contributed by atoms with Gasteiger partial charge in [0.1, 0.15) is 16.8 Å². The van der Waals surface area contributed by atoms with Gasteiger partial charge < -0.3 is 15.8 Å². The standard InChI is InChI=1S/C23H27N3O3S/c1-4-23(2,3)15-7-10-17-18(12-24)22(30-19(17)11-15)26-20(27)13-29-16-8-5-14(6-9-16)21(25)28/h5-6,8-9,15H,4,7,10-11,13H2,1-3H3,(H2,25,28)(H,26,27)/t15-/m0/s1. The maximum Gasteiger partial charge on any atom is 0.262 e. The van der Waals surface area contributed by atoms with Crippen LogP contribution in [0.25, 0.3) is 0 Å². The molecule has 0 saturated carbocycles. The zero-order chi connectivity index (χ0) is 21.9. The lowest BCUT2D eigenvalue weighted by atomic mass is 9.69. The average Bonchev–Trinajstić information content (AvgIpc) is 3.08. The molecule has 0 spiro atoms. The Morgan fingerprint density at radius 1 is 1.33 bits per heavy atom. The number of nitrogens with one attached hydrogen (secondary N) is 1. The zero-order valence-electron chi connectivity index (χ0n) is 17.6. The van der Waals surface area contributed by atoms with Gasteiger partial charge in [-0.15, -0.1) is 11.3 Å². The first-order valence-corrected chi connectivity index (χ1v) is 10.9. The van der Waals surface area contributed by atoms with Crippen LogP contribution < -0.4 is 15.8 Å². The van der Waals surface area contributed by atoms with E-state index in [9.17, 15) is 14.9 Å². The number of carbonyl (C=O) groups is 2. The van der Waals surface area contributed by atoms with E-state index in [1.165, 1.54) is 16.2 Å². The minimum atomic E-state index is -0.519. The van der Waals surface area contributed by atoms with E-state index < -0.39 is 5.91 Å². The first-order chi connectivity index (χ1) is 14.2. The summed E-state index contributed by atoms with van der Waals surface area (Å²) < 4.78 is 5.48. The number of rotatable bonds is 7. The van der Waals surface area contributed by atoms with E-state index in [1.807, 2.05) is 0 Å². The number of anilines is 1. The molecule has 2 amide bonds. The largest absolute Gasteiger partial charge is 0.484 e. The Hall–Kier alpha value is -2.85. The summed E-state index contributed by atoms with van der Waals surface area (Å²) in [6.45, 7) is 6.64. The molecule has 0 fully saturated rings. The van der Waals surface area contributed by atoms with Crippen molar-refractivity contribution in [1.29, 1.82) is 5.26 Å². The second-order valence-electron chi connectivity index (χ2n) is 8.33. The molecule has 0 aliphatic heterocycles. The van der Waals surface area contributed by atoms with Gasteiger partial charge in [-0.3, -0.25) is 9.59 Å². The van der Waals surface area contributed by atoms with Crippen molar-refractivity contribution in [1.82, 2.24) is 0 Å². The van der Waals surface area contributed by atoms with Crippen molar-refractivity contribution < 1.29 is 14.3 Å². The number of nitrogens with zero attached hydrogens (tertiary/aromatic N) is 1. The zero-order valence-corrected chi connectivity index (χ0v) is 18.4. The molecule has 3 rings (SSSR count). The van der Waals surface area contributed by atoms with Crippen molar-refractivity contribution in [2.45, 2.75) is 46.5 Å². The summed E-state index contributed by atoms with van der Waals surface area (Å²) in [6.07, 6.45) is 4.01. The highest BCUT2D eigenvalue weighted by molar-refractivity contribution is 7.16. The van der Waals surface area contributed by atoms with Crippen LogP contribution in [0.15, 0.2) is 24.3 Å². The van der Waals surface area contributed by atoms with Crippen LogP contribution in [0.2, 0.25) is 0 Å². The fraction of sp³-hybridized carbons (Fsp3) is 0.435. The maximum atomic E-state index is 12.4. The third kappa shape index (κ3) is 4.65. The molecule has 30 heavy (non-hydrogen) atoms. The highest BCUT2D eigenvalue weighted by Crippen LogP contribution is 2.45. The maximum absolute atomic E-state index is 12.4. The van der Waals surface area contributed by atoms with Crippen LogP contribution in [0.5, 0.6) is 5.75 Å². The minimum absolute atomic E-state index is 0.186. The average molecular weight is 426 g/mol. The SMILES string of the molecule is CCC(C)(C)[C@H]1CCc2c(sc(NC(=O)COc3ccc(C(N)=O)cc3)c2C#N)C1. The van der Waals surface area contributed by atoms with Crippen molar-refractivity contribution >= 4 is 28.2 Å². The molecule has 0 saturated heterocycles. The number of fused-ring (bicyclic) bond motifs is 1. The van der Waals surface area contributed by atoms with Gasteiger partial charge in [0.2, 0.25) is 5.91 Å². The number of thiophene rings is 1. The van der Waals surface area contributed by atoms with Crippen LogP contribution in [0.1, 0.15) is 60.0 Å². The van der Waals surface area contributed by atoms with Gasteiger partial charge in [0.25, 0.3) is 5.91 Å². The van der Waals surface area contributed by atoms with Crippen LogP contribution in [0.4, 0.5) is 5.00 Å². The molecule has 158 valence electrons. The summed E-state index contributed by atoms with van der Waals surface area (Å²) in [5.74, 6) is 0.199. The Labute approximate surface area is 181 Å². The number of benzene rings is 1. The van der Waals surface area contributed by atoms with E-state index in [-0.39, 0.29) is 17.9 Å². The monoisotopic (exact) mass is 425 g/mol. The lowest BCUT2D eigenvalue weighted by Crippen LogP contribution is -2.28. The molecule has 3 N–H and O–H groups in total. The highest BCUT2D eigenvalue weighted by atomic mass is 32.1.